The molecule has 2 aliphatic rings. The molecule has 1 amide bonds. The molecule has 6 nitrogen and oxygen atoms in total. The lowest BCUT2D eigenvalue weighted by Crippen LogP contribution is -2.43. The molecule has 3 heterocycles. The summed E-state index contributed by atoms with van der Waals surface area (Å²) >= 11 is 1.22. The van der Waals surface area contributed by atoms with Crippen molar-refractivity contribution in [3.8, 4) is 0 Å². The van der Waals surface area contributed by atoms with Crippen molar-refractivity contribution in [3.05, 3.63) is 41.8 Å². The molecule has 8 heteroatoms. The standard InChI is InChI=1S/C21H27N3O3S2/c25-21(22-18-9-2-3-10-19(18)23-12-4-1-5-13-23)17-8-6-14-24(16-17)29(26,27)20-11-7-15-28-20/h2-3,7,9-11,15,17H,1,4-6,8,12-14,16H2,(H,22,25)/t17-/m0/s1. The van der Waals surface area contributed by atoms with Crippen molar-refractivity contribution in [1.29, 1.82) is 0 Å². The van der Waals surface area contributed by atoms with Gasteiger partial charge < -0.3 is 10.2 Å². The van der Waals surface area contributed by atoms with Crippen molar-refractivity contribution >= 4 is 38.6 Å². The van der Waals surface area contributed by atoms with E-state index in [4.69, 9.17) is 0 Å². The molecule has 1 aromatic carbocycles. The Morgan fingerprint density at radius 2 is 1.79 bits per heavy atom. The van der Waals surface area contributed by atoms with E-state index < -0.39 is 10.0 Å². The van der Waals surface area contributed by atoms with Crippen molar-refractivity contribution in [2.75, 3.05) is 36.4 Å². The Morgan fingerprint density at radius 1 is 1.00 bits per heavy atom. The lowest BCUT2D eigenvalue weighted by Gasteiger charge is -2.32. The van der Waals surface area contributed by atoms with Gasteiger partial charge in [0.25, 0.3) is 10.0 Å². The predicted molar refractivity (Wildman–Crippen MR) is 117 cm³/mol. The lowest BCUT2D eigenvalue weighted by molar-refractivity contribution is -0.120. The number of hydrogen-bond donors (Lipinski definition) is 1. The lowest BCUT2D eigenvalue weighted by atomic mass is 9.98. The Labute approximate surface area is 176 Å². The molecule has 1 atom stereocenters. The molecular weight excluding hydrogens is 406 g/mol. The van der Waals surface area contributed by atoms with Crippen molar-refractivity contribution in [1.82, 2.24) is 4.31 Å². The van der Waals surface area contributed by atoms with Crippen LogP contribution < -0.4 is 10.2 Å². The molecule has 0 saturated carbocycles. The van der Waals surface area contributed by atoms with Crippen LogP contribution in [0.25, 0.3) is 0 Å². The minimum Gasteiger partial charge on any atom is -0.370 e. The maximum atomic E-state index is 13.0. The summed E-state index contributed by atoms with van der Waals surface area (Å²) in [4.78, 5) is 15.3. The molecule has 0 radical (unpaired) electrons. The second-order valence-electron chi connectivity index (χ2n) is 7.69. The number of nitrogens with one attached hydrogen (secondary N) is 1. The third-order valence-corrected chi connectivity index (χ3v) is 8.94. The van der Waals surface area contributed by atoms with E-state index in [9.17, 15) is 13.2 Å². The number of anilines is 2. The highest BCUT2D eigenvalue weighted by Gasteiger charge is 2.34. The highest BCUT2D eigenvalue weighted by atomic mass is 32.2. The Kier molecular flexibility index (Phi) is 6.22. The predicted octanol–water partition coefficient (Wildman–Crippen LogP) is 3.78. The molecule has 0 aliphatic carbocycles. The van der Waals surface area contributed by atoms with Crippen LogP contribution in [0.1, 0.15) is 32.1 Å². The van der Waals surface area contributed by atoms with Gasteiger partial charge in [-0.15, -0.1) is 11.3 Å². The highest BCUT2D eigenvalue weighted by molar-refractivity contribution is 7.91. The van der Waals surface area contributed by atoms with Crippen molar-refractivity contribution in [2.45, 2.75) is 36.3 Å². The van der Waals surface area contributed by atoms with Gasteiger partial charge in [-0.25, -0.2) is 8.42 Å². The minimum absolute atomic E-state index is 0.0967. The molecule has 0 unspecified atom stereocenters. The number of para-hydroxylation sites is 2. The fourth-order valence-corrected chi connectivity index (χ4v) is 6.81. The fourth-order valence-electron chi connectivity index (χ4n) is 4.14. The van der Waals surface area contributed by atoms with Gasteiger partial charge in [-0.3, -0.25) is 4.79 Å². The van der Waals surface area contributed by atoms with Crippen LogP contribution in [0.3, 0.4) is 0 Å². The maximum absolute atomic E-state index is 13.0. The highest BCUT2D eigenvalue weighted by Crippen LogP contribution is 2.30. The van der Waals surface area contributed by atoms with Crippen LogP contribution in [0.2, 0.25) is 0 Å². The smallest absolute Gasteiger partial charge is 0.252 e. The summed E-state index contributed by atoms with van der Waals surface area (Å²) in [6, 6.07) is 11.3. The third kappa shape index (κ3) is 4.49. The number of rotatable bonds is 5. The molecule has 4 rings (SSSR count). The number of thiophene rings is 1. The van der Waals surface area contributed by atoms with Crippen LogP contribution in [0.5, 0.6) is 0 Å². The van der Waals surface area contributed by atoms with Gasteiger partial charge in [-0.1, -0.05) is 18.2 Å². The molecule has 1 N–H and O–H groups in total. The first kappa shape index (κ1) is 20.4. The van der Waals surface area contributed by atoms with Crippen LogP contribution in [0.15, 0.2) is 46.0 Å². The summed E-state index contributed by atoms with van der Waals surface area (Å²) in [6.45, 7) is 2.71. The summed E-state index contributed by atoms with van der Waals surface area (Å²) in [5, 5.41) is 4.85. The first-order valence-electron chi connectivity index (χ1n) is 10.2. The number of nitrogens with zero attached hydrogens (tertiary/aromatic N) is 2. The van der Waals surface area contributed by atoms with E-state index in [0.29, 0.717) is 23.6 Å². The number of benzene rings is 1. The Bertz CT molecular complexity index is 938. The van der Waals surface area contributed by atoms with E-state index >= 15 is 0 Å². The average Bonchev–Trinajstić information content (AvgIpc) is 3.31. The van der Waals surface area contributed by atoms with Gasteiger partial charge in [0, 0.05) is 26.2 Å². The van der Waals surface area contributed by atoms with Gasteiger partial charge in [0.05, 0.1) is 17.3 Å². The summed E-state index contributed by atoms with van der Waals surface area (Å²) in [5.74, 6) is -0.437. The first-order chi connectivity index (χ1) is 14.1. The van der Waals surface area contributed by atoms with E-state index in [1.807, 2.05) is 18.2 Å². The quantitative estimate of drug-likeness (QED) is 0.779. The van der Waals surface area contributed by atoms with E-state index in [1.165, 1.54) is 34.9 Å². The molecule has 156 valence electrons. The summed E-state index contributed by atoms with van der Waals surface area (Å²) in [6.07, 6.45) is 4.98. The zero-order valence-electron chi connectivity index (χ0n) is 16.4. The molecule has 1 aromatic heterocycles. The van der Waals surface area contributed by atoms with Crippen LogP contribution >= 0.6 is 11.3 Å². The summed E-state index contributed by atoms with van der Waals surface area (Å²) < 4.78 is 27.5. The number of piperidine rings is 2. The molecule has 0 bridgehead atoms. The van der Waals surface area contributed by atoms with Gasteiger partial charge >= 0.3 is 0 Å². The number of carbonyl (C=O) groups excluding carboxylic acids is 1. The largest absolute Gasteiger partial charge is 0.370 e. The van der Waals surface area contributed by atoms with E-state index in [-0.39, 0.29) is 18.4 Å². The molecule has 29 heavy (non-hydrogen) atoms. The Hall–Kier alpha value is -1.90. The van der Waals surface area contributed by atoms with Crippen LogP contribution in [-0.2, 0) is 14.8 Å². The van der Waals surface area contributed by atoms with Crippen molar-refractivity contribution in [2.24, 2.45) is 5.92 Å². The van der Waals surface area contributed by atoms with Crippen LogP contribution in [-0.4, -0.2) is 44.8 Å². The zero-order valence-corrected chi connectivity index (χ0v) is 18.1. The number of sulfonamides is 1. The molecule has 2 fully saturated rings. The number of hydrogen-bond acceptors (Lipinski definition) is 5. The SMILES string of the molecule is O=C(Nc1ccccc1N1CCCCC1)[C@H]1CCCN(S(=O)(=O)c2cccs2)C1. The van der Waals surface area contributed by atoms with E-state index in [2.05, 4.69) is 16.3 Å². The van der Waals surface area contributed by atoms with E-state index in [1.54, 1.807) is 17.5 Å². The second kappa shape index (κ2) is 8.85. The van der Waals surface area contributed by atoms with Gasteiger partial charge in [0.1, 0.15) is 4.21 Å². The molecular formula is C21H27N3O3S2. The van der Waals surface area contributed by atoms with Gasteiger partial charge in [-0.05, 0) is 55.7 Å². The number of carbonyl (C=O) groups is 1. The summed E-state index contributed by atoms with van der Waals surface area (Å²) in [5.41, 5.74) is 1.87. The van der Waals surface area contributed by atoms with Crippen LogP contribution in [0.4, 0.5) is 11.4 Å². The minimum atomic E-state index is -3.52. The topological polar surface area (TPSA) is 69.7 Å². The normalized spacial score (nSPS) is 21.1. The number of amides is 1. The monoisotopic (exact) mass is 433 g/mol. The third-order valence-electron chi connectivity index (χ3n) is 5.70. The first-order valence-corrected chi connectivity index (χ1v) is 12.6. The Balaban J connectivity index is 1.46. The van der Waals surface area contributed by atoms with Gasteiger partial charge in [0.2, 0.25) is 5.91 Å². The summed E-state index contributed by atoms with van der Waals surface area (Å²) in [7, 11) is -3.52. The fraction of sp³-hybridized carbons (Fsp3) is 0.476. The second-order valence-corrected chi connectivity index (χ2v) is 10.8. The Morgan fingerprint density at radius 3 is 2.55 bits per heavy atom. The van der Waals surface area contributed by atoms with Crippen LogP contribution in [0, 0.1) is 5.92 Å². The zero-order chi connectivity index (χ0) is 20.3. The van der Waals surface area contributed by atoms with Gasteiger partial charge in [-0.2, -0.15) is 4.31 Å². The molecule has 2 saturated heterocycles. The van der Waals surface area contributed by atoms with Crippen molar-refractivity contribution in [3.63, 3.8) is 0 Å². The molecule has 0 spiro atoms. The van der Waals surface area contributed by atoms with Gasteiger partial charge in [0.15, 0.2) is 0 Å². The van der Waals surface area contributed by atoms with Crippen molar-refractivity contribution < 1.29 is 13.2 Å². The maximum Gasteiger partial charge on any atom is 0.252 e. The molecule has 2 aliphatic heterocycles. The van der Waals surface area contributed by atoms with E-state index in [0.717, 1.165) is 24.5 Å². The molecule has 2 aromatic rings. The average molecular weight is 434 g/mol.